The summed E-state index contributed by atoms with van der Waals surface area (Å²) in [4.78, 5) is 14.3. The van der Waals surface area contributed by atoms with Gasteiger partial charge in [-0.2, -0.15) is 0 Å². The predicted octanol–water partition coefficient (Wildman–Crippen LogP) is 1.99. The van der Waals surface area contributed by atoms with Gasteiger partial charge in [0.15, 0.2) is 0 Å². The fourth-order valence-electron chi connectivity index (χ4n) is 2.28. The number of carbonyl (C=O) groups is 1. The first-order valence-corrected chi connectivity index (χ1v) is 7.32. The van der Waals surface area contributed by atoms with Crippen molar-refractivity contribution in [1.82, 2.24) is 10.2 Å². The Morgan fingerprint density at radius 3 is 3.11 bits per heavy atom. The minimum absolute atomic E-state index is 0.0639. The van der Waals surface area contributed by atoms with E-state index in [1.807, 2.05) is 25.1 Å². The predicted molar refractivity (Wildman–Crippen MR) is 81.4 cm³/mol. The largest absolute Gasteiger partial charge is 0.326 e. The molecule has 0 bridgehead atoms. The Hall–Kier alpha value is -0.910. The zero-order valence-electron chi connectivity index (χ0n) is 11.4. The maximum atomic E-state index is 12.1. The number of likely N-dealkylation sites (N-methyl/N-ethyl adjacent to an activating group) is 1. The van der Waals surface area contributed by atoms with Crippen molar-refractivity contribution in [3.05, 3.63) is 28.2 Å². The lowest BCUT2D eigenvalue weighted by atomic mass is 10.1. The number of carbonyl (C=O) groups excluding carboxylic acids is 1. The van der Waals surface area contributed by atoms with Crippen LogP contribution < -0.4 is 10.6 Å². The molecule has 1 aliphatic rings. The summed E-state index contributed by atoms with van der Waals surface area (Å²) < 4.78 is 0.976. The van der Waals surface area contributed by atoms with Gasteiger partial charge < -0.3 is 15.5 Å². The molecule has 1 unspecified atom stereocenters. The summed E-state index contributed by atoms with van der Waals surface area (Å²) in [6.07, 6.45) is 0.510. The van der Waals surface area contributed by atoms with Crippen LogP contribution in [-0.4, -0.2) is 43.5 Å². The van der Waals surface area contributed by atoms with Gasteiger partial charge in [-0.1, -0.05) is 22.0 Å². The van der Waals surface area contributed by atoms with E-state index in [1.165, 1.54) is 0 Å². The van der Waals surface area contributed by atoms with Gasteiger partial charge >= 0.3 is 0 Å². The lowest BCUT2D eigenvalue weighted by molar-refractivity contribution is -0.116. The van der Waals surface area contributed by atoms with Gasteiger partial charge in [-0.25, -0.2) is 0 Å². The van der Waals surface area contributed by atoms with Crippen LogP contribution in [0.15, 0.2) is 22.7 Å². The van der Waals surface area contributed by atoms with E-state index >= 15 is 0 Å². The van der Waals surface area contributed by atoms with Crippen molar-refractivity contribution in [1.29, 1.82) is 0 Å². The SMILES string of the molecule is Cc1ccc(Br)cc1NC(=O)CC1CN(C)CCN1. The topological polar surface area (TPSA) is 44.4 Å². The van der Waals surface area contributed by atoms with E-state index in [1.54, 1.807) is 0 Å². The quantitative estimate of drug-likeness (QED) is 0.893. The number of benzene rings is 1. The van der Waals surface area contributed by atoms with Crippen molar-refractivity contribution in [3.63, 3.8) is 0 Å². The number of amides is 1. The standard InChI is InChI=1S/C14H20BrN3O/c1-10-3-4-11(15)7-13(10)17-14(19)8-12-9-18(2)6-5-16-12/h3-4,7,12,16H,5-6,8-9H2,1-2H3,(H,17,19). The van der Waals surface area contributed by atoms with Crippen LogP contribution in [0.1, 0.15) is 12.0 Å². The minimum atomic E-state index is 0.0639. The molecule has 0 aromatic heterocycles. The zero-order valence-corrected chi connectivity index (χ0v) is 13.0. The number of halogens is 1. The van der Waals surface area contributed by atoms with Crippen LogP contribution in [0.5, 0.6) is 0 Å². The van der Waals surface area contributed by atoms with Gasteiger partial charge in [-0.15, -0.1) is 0 Å². The molecule has 1 atom stereocenters. The van der Waals surface area contributed by atoms with E-state index in [2.05, 4.69) is 38.5 Å². The van der Waals surface area contributed by atoms with Gasteiger partial charge in [0.2, 0.25) is 5.91 Å². The molecule has 19 heavy (non-hydrogen) atoms. The van der Waals surface area contributed by atoms with E-state index in [0.29, 0.717) is 6.42 Å². The van der Waals surface area contributed by atoms with Crippen molar-refractivity contribution in [2.75, 3.05) is 32.0 Å². The molecule has 0 spiro atoms. The van der Waals surface area contributed by atoms with Crippen molar-refractivity contribution >= 4 is 27.5 Å². The lowest BCUT2D eigenvalue weighted by Gasteiger charge is -2.30. The molecule has 4 nitrogen and oxygen atoms in total. The fraction of sp³-hybridized carbons (Fsp3) is 0.500. The Morgan fingerprint density at radius 1 is 1.58 bits per heavy atom. The highest BCUT2D eigenvalue weighted by Gasteiger charge is 2.19. The summed E-state index contributed by atoms with van der Waals surface area (Å²) in [6.45, 7) is 4.91. The average Bonchev–Trinajstić information content (AvgIpc) is 2.34. The van der Waals surface area contributed by atoms with Gasteiger partial charge in [0.25, 0.3) is 0 Å². The fourth-order valence-corrected chi connectivity index (χ4v) is 2.64. The van der Waals surface area contributed by atoms with Gasteiger partial charge in [-0.3, -0.25) is 4.79 Å². The second-order valence-electron chi connectivity index (χ2n) is 5.12. The number of aryl methyl sites for hydroxylation is 1. The van der Waals surface area contributed by atoms with Gasteiger partial charge in [0, 0.05) is 42.3 Å². The van der Waals surface area contributed by atoms with Crippen molar-refractivity contribution in [2.24, 2.45) is 0 Å². The minimum Gasteiger partial charge on any atom is -0.326 e. The third-order valence-corrected chi connectivity index (χ3v) is 3.86. The van der Waals surface area contributed by atoms with Crippen LogP contribution in [0, 0.1) is 6.92 Å². The molecule has 2 N–H and O–H groups in total. The third-order valence-electron chi connectivity index (χ3n) is 3.36. The Bertz CT molecular complexity index is 464. The maximum absolute atomic E-state index is 12.1. The molecule has 2 rings (SSSR count). The number of rotatable bonds is 3. The van der Waals surface area contributed by atoms with Crippen LogP contribution in [-0.2, 0) is 4.79 Å². The highest BCUT2D eigenvalue weighted by atomic mass is 79.9. The van der Waals surface area contributed by atoms with Gasteiger partial charge in [0.1, 0.15) is 0 Å². The smallest absolute Gasteiger partial charge is 0.225 e. The molecule has 1 fully saturated rings. The molecule has 104 valence electrons. The van der Waals surface area contributed by atoms with Crippen LogP contribution in [0.3, 0.4) is 0 Å². The highest BCUT2D eigenvalue weighted by molar-refractivity contribution is 9.10. The summed E-state index contributed by atoms with van der Waals surface area (Å²) >= 11 is 3.42. The Kier molecular flexibility index (Phi) is 4.96. The Balaban J connectivity index is 1.92. The average molecular weight is 326 g/mol. The number of nitrogens with zero attached hydrogens (tertiary/aromatic N) is 1. The number of nitrogens with one attached hydrogen (secondary N) is 2. The second kappa shape index (κ2) is 6.50. The highest BCUT2D eigenvalue weighted by Crippen LogP contribution is 2.20. The molecule has 0 saturated carbocycles. The van der Waals surface area contributed by atoms with Gasteiger partial charge in [0.05, 0.1) is 0 Å². The van der Waals surface area contributed by atoms with Crippen LogP contribution in [0.2, 0.25) is 0 Å². The van der Waals surface area contributed by atoms with Crippen molar-refractivity contribution in [2.45, 2.75) is 19.4 Å². The number of hydrogen-bond acceptors (Lipinski definition) is 3. The van der Waals surface area contributed by atoms with Gasteiger partial charge in [-0.05, 0) is 31.7 Å². The van der Waals surface area contributed by atoms with Crippen LogP contribution >= 0.6 is 15.9 Å². The van der Waals surface area contributed by atoms with Crippen LogP contribution in [0.25, 0.3) is 0 Å². The first-order chi connectivity index (χ1) is 9.04. The zero-order chi connectivity index (χ0) is 13.8. The molecule has 1 saturated heterocycles. The first-order valence-electron chi connectivity index (χ1n) is 6.52. The number of hydrogen-bond donors (Lipinski definition) is 2. The first kappa shape index (κ1) is 14.5. The summed E-state index contributed by atoms with van der Waals surface area (Å²) in [6, 6.07) is 6.15. The molecule has 1 amide bonds. The molecule has 1 aromatic rings. The van der Waals surface area contributed by atoms with Crippen molar-refractivity contribution < 1.29 is 4.79 Å². The Labute approximate surface area is 122 Å². The van der Waals surface area contributed by atoms with Crippen LogP contribution in [0.4, 0.5) is 5.69 Å². The van der Waals surface area contributed by atoms with E-state index in [-0.39, 0.29) is 11.9 Å². The summed E-state index contributed by atoms with van der Waals surface area (Å²) in [5.74, 6) is 0.0639. The molecule has 5 heteroatoms. The summed E-state index contributed by atoms with van der Waals surface area (Å²) in [5.41, 5.74) is 1.95. The maximum Gasteiger partial charge on any atom is 0.225 e. The molecule has 0 radical (unpaired) electrons. The summed E-state index contributed by atoms with van der Waals surface area (Å²) in [5, 5.41) is 6.37. The third kappa shape index (κ3) is 4.30. The monoisotopic (exact) mass is 325 g/mol. The van der Waals surface area contributed by atoms with E-state index in [4.69, 9.17) is 0 Å². The number of anilines is 1. The van der Waals surface area contributed by atoms with Crippen molar-refractivity contribution in [3.8, 4) is 0 Å². The van der Waals surface area contributed by atoms with E-state index in [9.17, 15) is 4.79 Å². The van der Waals surface area contributed by atoms with E-state index < -0.39 is 0 Å². The molecule has 1 aliphatic heterocycles. The Morgan fingerprint density at radius 2 is 2.37 bits per heavy atom. The lowest BCUT2D eigenvalue weighted by Crippen LogP contribution is -2.50. The second-order valence-corrected chi connectivity index (χ2v) is 6.04. The number of piperazine rings is 1. The summed E-state index contributed by atoms with van der Waals surface area (Å²) in [7, 11) is 2.09. The molecular weight excluding hydrogens is 306 g/mol. The molecule has 1 heterocycles. The molecular formula is C14H20BrN3O. The molecule has 1 aromatic carbocycles. The normalized spacial score (nSPS) is 20.3. The molecule has 0 aliphatic carbocycles. The van der Waals surface area contributed by atoms with E-state index in [0.717, 1.165) is 35.4 Å².